The van der Waals surface area contributed by atoms with Gasteiger partial charge in [-0.3, -0.25) is 4.21 Å². The van der Waals surface area contributed by atoms with Gasteiger partial charge in [-0.2, -0.15) is 0 Å². The van der Waals surface area contributed by atoms with Crippen molar-refractivity contribution in [2.24, 2.45) is 17.8 Å². The van der Waals surface area contributed by atoms with Crippen molar-refractivity contribution in [1.82, 2.24) is 0 Å². The zero-order valence-corrected chi connectivity index (χ0v) is 9.75. The predicted octanol–water partition coefficient (Wildman–Crippen LogP) is 1.33. The molecule has 0 radical (unpaired) electrons. The second-order valence-corrected chi connectivity index (χ2v) is 6.63. The molecular weight excluding hydrogens is 196 g/mol. The highest BCUT2D eigenvalue weighted by Crippen LogP contribution is 2.50. The maximum atomic E-state index is 11.7. The van der Waals surface area contributed by atoms with Crippen LogP contribution in [0.25, 0.3) is 0 Å². The Morgan fingerprint density at radius 3 is 2.36 bits per heavy atom. The fraction of sp³-hybridized carbons (Fsp3) is 0.818. The number of aliphatic hydroxyl groups is 1. The third-order valence-electron chi connectivity index (χ3n) is 3.59. The van der Waals surface area contributed by atoms with Crippen molar-refractivity contribution < 1.29 is 9.32 Å². The average molecular weight is 214 g/mol. The van der Waals surface area contributed by atoms with Crippen LogP contribution in [0.2, 0.25) is 0 Å². The van der Waals surface area contributed by atoms with Gasteiger partial charge in [-0.25, -0.2) is 0 Å². The van der Waals surface area contributed by atoms with Crippen molar-refractivity contribution in [3.05, 3.63) is 12.2 Å². The highest BCUT2D eigenvalue weighted by atomic mass is 32.2. The SMILES string of the molecule is CS(=O)C1C2C=CC(C2)C1C(C)(C)O. The van der Waals surface area contributed by atoms with Crippen LogP contribution < -0.4 is 0 Å². The van der Waals surface area contributed by atoms with E-state index < -0.39 is 16.4 Å². The van der Waals surface area contributed by atoms with Crippen LogP contribution in [0.1, 0.15) is 20.3 Å². The van der Waals surface area contributed by atoms with E-state index in [9.17, 15) is 9.32 Å². The summed E-state index contributed by atoms with van der Waals surface area (Å²) in [6, 6.07) is 0. The van der Waals surface area contributed by atoms with Gasteiger partial charge in [-0.1, -0.05) is 12.2 Å². The first-order valence-corrected chi connectivity index (χ1v) is 6.76. The molecule has 0 spiro atoms. The molecule has 0 saturated heterocycles. The van der Waals surface area contributed by atoms with Crippen molar-refractivity contribution in [3.63, 3.8) is 0 Å². The highest BCUT2D eigenvalue weighted by Gasteiger charge is 2.51. The first-order valence-electron chi connectivity index (χ1n) is 5.14. The lowest BCUT2D eigenvalue weighted by Crippen LogP contribution is -2.43. The smallest absolute Gasteiger partial charge is 0.0637 e. The van der Waals surface area contributed by atoms with Crippen LogP contribution in [0.3, 0.4) is 0 Å². The number of hydrogen-bond acceptors (Lipinski definition) is 2. The molecule has 1 fully saturated rings. The van der Waals surface area contributed by atoms with E-state index in [0.29, 0.717) is 11.8 Å². The Morgan fingerprint density at radius 1 is 1.36 bits per heavy atom. The second-order valence-electron chi connectivity index (χ2n) is 5.09. The molecule has 80 valence electrons. The molecule has 2 aliphatic rings. The molecule has 14 heavy (non-hydrogen) atoms. The Labute approximate surface area is 87.9 Å². The maximum absolute atomic E-state index is 11.7. The first kappa shape index (κ1) is 10.4. The number of rotatable bonds is 2. The zero-order valence-electron chi connectivity index (χ0n) is 8.93. The minimum Gasteiger partial charge on any atom is -0.390 e. The minimum atomic E-state index is -0.828. The Balaban J connectivity index is 2.31. The van der Waals surface area contributed by atoms with E-state index in [1.54, 1.807) is 6.26 Å². The fourth-order valence-electron chi connectivity index (χ4n) is 3.16. The lowest BCUT2D eigenvalue weighted by molar-refractivity contribution is 0.00788. The standard InChI is InChI=1S/C11H18O2S/c1-11(2,12)9-7-4-5-8(6-7)10(9)14(3)13/h4-5,7-10,12H,6H2,1-3H3. The minimum absolute atomic E-state index is 0.157. The fourth-order valence-corrected chi connectivity index (χ4v) is 4.80. The molecule has 5 unspecified atom stereocenters. The molecule has 2 rings (SSSR count). The van der Waals surface area contributed by atoms with Crippen molar-refractivity contribution in [2.75, 3.05) is 6.26 Å². The Kier molecular flexibility index (Phi) is 2.35. The lowest BCUT2D eigenvalue weighted by Gasteiger charge is -2.35. The van der Waals surface area contributed by atoms with Crippen LogP contribution >= 0.6 is 0 Å². The van der Waals surface area contributed by atoms with Crippen molar-refractivity contribution in [1.29, 1.82) is 0 Å². The summed E-state index contributed by atoms with van der Waals surface area (Å²) in [5, 5.41) is 10.2. The van der Waals surface area contributed by atoms with E-state index in [0.717, 1.165) is 6.42 Å². The Hall–Kier alpha value is -0.150. The molecule has 0 aromatic carbocycles. The quantitative estimate of drug-likeness (QED) is 0.704. The normalized spacial score (nSPS) is 43.1. The molecule has 2 nitrogen and oxygen atoms in total. The van der Waals surface area contributed by atoms with E-state index >= 15 is 0 Å². The Morgan fingerprint density at radius 2 is 1.93 bits per heavy atom. The summed E-state index contributed by atoms with van der Waals surface area (Å²) >= 11 is 0. The van der Waals surface area contributed by atoms with Crippen molar-refractivity contribution in [3.8, 4) is 0 Å². The maximum Gasteiger partial charge on any atom is 0.0637 e. The van der Waals surface area contributed by atoms with Gasteiger partial charge in [0.15, 0.2) is 0 Å². The van der Waals surface area contributed by atoms with E-state index in [-0.39, 0.29) is 11.2 Å². The van der Waals surface area contributed by atoms with Gasteiger partial charge < -0.3 is 5.11 Å². The summed E-state index contributed by atoms with van der Waals surface area (Å²) in [5.74, 6) is 1.04. The molecule has 2 aliphatic carbocycles. The van der Waals surface area contributed by atoms with Crippen LogP contribution in [0.4, 0.5) is 0 Å². The first-order chi connectivity index (χ1) is 6.41. The van der Waals surface area contributed by atoms with Crippen LogP contribution in [-0.2, 0) is 10.8 Å². The summed E-state index contributed by atoms with van der Waals surface area (Å²) in [6.45, 7) is 3.68. The highest BCUT2D eigenvalue weighted by molar-refractivity contribution is 7.85. The van der Waals surface area contributed by atoms with Gasteiger partial charge in [0, 0.05) is 28.2 Å². The molecule has 0 aromatic heterocycles. The molecule has 0 heterocycles. The number of fused-ring (bicyclic) bond motifs is 2. The number of allylic oxidation sites excluding steroid dienone is 2. The molecule has 0 amide bonds. The van der Waals surface area contributed by atoms with Crippen LogP contribution in [0.15, 0.2) is 12.2 Å². The van der Waals surface area contributed by atoms with E-state index in [1.807, 2.05) is 13.8 Å². The van der Waals surface area contributed by atoms with E-state index in [1.165, 1.54) is 0 Å². The molecule has 2 bridgehead atoms. The van der Waals surface area contributed by atoms with Gasteiger partial charge in [0.1, 0.15) is 0 Å². The van der Waals surface area contributed by atoms with Gasteiger partial charge in [-0.05, 0) is 32.1 Å². The third kappa shape index (κ3) is 1.47. The molecule has 5 atom stereocenters. The summed E-state index contributed by atoms with van der Waals surface area (Å²) in [5.41, 5.74) is -0.708. The topological polar surface area (TPSA) is 37.3 Å². The lowest BCUT2D eigenvalue weighted by atomic mass is 9.80. The predicted molar refractivity (Wildman–Crippen MR) is 58.4 cm³/mol. The van der Waals surface area contributed by atoms with Crippen LogP contribution in [-0.4, -0.2) is 26.4 Å². The van der Waals surface area contributed by atoms with Gasteiger partial charge in [0.25, 0.3) is 0 Å². The molecule has 1 saturated carbocycles. The van der Waals surface area contributed by atoms with Gasteiger partial charge in [0.2, 0.25) is 0 Å². The summed E-state index contributed by atoms with van der Waals surface area (Å²) in [6.07, 6.45) is 7.21. The largest absolute Gasteiger partial charge is 0.390 e. The summed E-state index contributed by atoms with van der Waals surface area (Å²) in [4.78, 5) is 0. The molecule has 3 heteroatoms. The Bertz CT molecular complexity index is 290. The summed E-state index contributed by atoms with van der Waals surface area (Å²) < 4.78 is 11.7. The van der Waals surface area contributed by atoms with Gasteiger partial charge in [-0.15, -0.1) is 0 Å². The van der Waals surface area contributed by atoms with Crippen LogP contribution in [0, 0.1) is 17.8 Å². The zero-order chi connectivity index (χ0) is 10.5. The number of hydrogen-bond donors (Lipinski definition) is 1. The summed E-state index contributed by atoms with van der Waals surface area (Å²) in [7, 11) is -0.828. The van der Waals surface area contributed by atoms with Crippen LogP contribution in [0.5, 0.6) is 0 Å². The van der Waals surface area contributed by atoms with Gasteiger partial charge >= 0.3 is 0 Å². The molecule has 0 aliphatic heterocycles. The van der Waals surface area contributed by atoms with Gasteiger partial charge in [0.05, 0.1) is 5.60 Å². The second kappa shape index (κ2) is 3.17. The van der Waals surface area contributed by atoms with E-state index in [2.05, 4.69) is 12.2 Å². The molecule has 1 N–H and O–H groups in total. The monoisotopic (exact) mass is 214 g/mol. The average Bonchev–Trinajstić information content (AvgIpc) is 2.58. The van der Waals surface area contributed by atoms with Crippen molar-refractivity contribution in [2.45, 2.75) is 31.1 Å². The molecular formula is C11H18O2S. The third-order valence-corrected chi connectivity index (χ3v) is 5.00. The van der Waals surface area contributed by atoms with Crippen molar-refractivity contribution >= 4 is 10.8 Å². The van der Waals surface area contributed by atoms with E-state index in [4.69, 9.17) is 0 Å². The molecule has 0 aromatic rings.